The van der Waals surface area contributed by atoms with Crippen LogP contribution in [0.1, 0.15) is 28.4 Å². The smallest absolute Gasteiger partial charge is 0.341 e. The highest BCUT2D eigenvalue weighted by molar-refractivity contribution is 9.10. The van der Waals surface area contributed by atoms with Gasteiger partial charge in [0.15, 0.2) is 0 Å². The Bertz CT molecular complexity index is 1130. The Hall–Kier alpha value is -2.82. The van der Waals surface area contributed by atoms with Crippen molar-refractivity contribution in [1.29, 1.82) is 5.26 Å². The van der Waals surface area contributed by atoms with E-state index in [0.29, 0.717) is 49.5 Å². The van der Waals surface area contributed by atoms with E-state index in [9.17, 15) is 10.1 Å². The lowest BCUT2D eigenvalue weighted by atomic mass is 10.1. The fraction of sp³-hybridized carbons (Fsp3) is 0.190. The molecule has 1 heterocycles. The van der Waals surface area contributed by atoms with E-state index >= 15 is 0 Å². The molecule has 8 heteroatoms. The van der Waals surface area contributed by atoms with Gasteiger partial charge in [0.1, 0.15) is 11.3 Å². The average Bonchev–Trinajstić information content (AvgIpc) is 2.72. The molecule has 0 saturated carbocycles. The van der Waals surface area contributed by atoms with Crippen LogP contribution in [-0.4, -0.2) is 24.7 Å². The summed E-state index contributed by atoms with van der Waals surface area (Å²) in [4.78, 5) is 16.9. The van der Waals surface area contributed by atoms with Gasteiger partial charge >= 0.3 is 5.97 Å². The number of nitriles is 1. The van der Waals surface area contributed by atoms with Crippen molar-refractivity contribution in [3.05, 3.63) is 62.7 Å². The van der Waals surface area contributed by atoms with E-state index in [4.69, 9.17) is 21.1 Å². The topological polar surface area (TPSA) is 84.2 Å². The number of pyridine rings is 1. The number of esters is 1. The summed E-state index contributed by atoms with van der Waals surface area (Å²) >= 11 is 9.66. The van der Waals surface area contributed by atoms with E-state index in [1.54, 1.807) is 38.3 Å². The molecule has 0 fully saturated rings. The van der Waals surface area contributed by atoms with Crippen LogP contribution in [0.3, 0.4) is 0 Å². The van der Waals surface area contributed by atoms with Crippen LogP contribution in [0.15, 0.2) is 41.0 Å². The molecule has 0 aliphatic heterocycles. The third-order valence-corrected chi connectivity index (χ3v) is 5.13. The number of carbonyl (C=O) groups excluding carboxylic acids is 1. The lowest BCUT2D eigenvalue weighted by molar-refractivity contribution is 0.0527. The highest BCUT2D eigenvalue weighted by atomic mass is 79.9. The van der Waals surface area contributed by atoms with Gasteiger partial charge < -0.3 is 14.8 Å². The van der Waals surface area contributed by atoms with Crippen LogP contribution in [0.5, 0.6) is 5.75 Å². The minimum Gasteiger partial charge on any atom is -0.495 e. The Kier molecular flexibility index (Phi) is 6.57. The first-order chi connectivity index (χ1) is 14.0. The second-order valence-electron chi connectivity index (χ2n) is 6.06. The van der Waals surface area contributed by atoms with Crippen LogP contribution < -0.4 is 10.1 Å². The van der Waals surface area contributed by atoms with Gasteiger partial charge in [0.2, 0.25) is 0 Å². The van der Waals surface area contributed by atoms with Crippen molar-refractivity contribution in [2.24, 2.45) is 0 Å². The molecular weight excluding hydrogens is 458 g/mol. The van der Waals surface area contributed by atoms with Crippen molar-refractivity contribution in [1.82, 2.24) is 4.98 Å². The third kappa shape index (κ3) is 4.44. The molecule has 29 heavy (non-hydrogen) atoms. The second kappa shape index (κ2) is 9.12. The molecule has 148 valence electrons. The molecule has 1 N–H and O–H groups in total. The Balaban J connectivity index is 2.08. The van der Waals surface area contributed by atoms with E-state index in [2.05, 4.69) is 32.3 Å². The molecule has 0 atom stereocenters. The first-order valence-corrected chi connectivity index (χ1v) is 9.91. The second-order valence-corrected chi connectivity index (χ2v) is 7.32. The number of fused-ring (bicyclic) bond motifs is 1. The summed E-state index contributed by atoms with van der Waals surface area (Å²) in [6, 6.07) is 10.9. The van der Waals surface area contributed by atoms with E-state index in [1.807, 2.05) is 6.07 Å². The zero-order valence-electron chi connectivity index (χ0n) is 15.8. The van der Waals surface area contributed by atoms with Crippen LogP contribution >= 0.6 is 27.5 Å². The van der Waals surface area contributed by atoms with Crippen molar-refractivity contribution in [2.75, 3.05) is 19.0 Å². The number of ether oxygens (including phenoxy) is 2. The van der Waals surface area contributed by atoms with Crippen LogP contribution in [0.4, 0.5) is 5.69 Å². The largest absolute Gasteiger partial charge is 0.495 e. The van der Waals surface area contributed by atoms with Crippen LogP contribution in [0.2, 0.25) is 5.02 Å². The number of hydrogen-bond donors (Lipinski definition) is 1. The normalized spacial score (nSPS) is 10.4. The Morgan fingerprint density at radius 2 is 2.14 bits per heavy atom. The van der Waals surface area contributed by atoms with Gasteiger partial charge in [-0.2, -0.15) is 5.26 Å². The van der Waals surface area contributed by atoms with Crippen LogP contribution in [0, 0.1) is 11.3 Å². The SMILES string of the molecule is CCOC(=O)c1cnc2c(Br)cc(C#N)cc2c1NCc1ccc(OC)c(Cl)c1. The molecule has 0 spiro atoms. The number of benzene rings is 2. The van der Waals surface area contributed by atoms with Crippen molar-refractivity contribution in [2.45, 2.75) is 13.5 Å². The summed E-state index contributed by atoms with van der Waals surface area (Å²) in [6.45, 7) is 2.37. The number of nitrogens with zero attached hydrogens (tertiary/aromatic N) is 2. The number of aromatic nitrogens is 1. The molecule has 0 aliphatic rings. The summed E-state index contributed by atoms with van der Waals surface area (Å²) in [7, 11) is 1.55. The average molecular weight is 475 g/mol. The zero-order chi connectivity index (χ0) is 21.0. The van der Waals surface area contributed by atoms with Crippen LogP contribution in [0.25, 0.3) is 10.9 Å². The fourth-order valence-electron chi connectivity index (χ4n) is 2.89. The molecule has 3 rings (SSSR count). The fourth-order valence-corrected chi connectivity index (χ4v) is 3.73. The number of halogens is 2. The van der Waals surface area contributed by atoms with Gasteiger partial charge in [-0.05, 0) is 52.7 Å². The van der Waals surface area contributed by atoms with Crippen molar-refractivity contribution in [3.8, 4) is 11.8 Å². The Morgan fingerprint density at radius 1 is 1.34 bits per heavy atom. The van der Waals surface area contributed by atoms with Gasteiger partial charge in [-0.25, -0.2) is 4.79 Å². The molecule has 2 aromatic carbocycles. The molecule has 1 aromatic heterocycles. The standard InChI is InChI=1S/C21H17BrClN3O3/c1-3-29-21(27)15-11-26-20-14(6-13(9-24)7-16(20)22)19(15)25-10-12-4-5-18(28-2)17(23)8-12/h4-8,11H,3,10H2,1-2H3,(H,25,26). The highest BCUT2D eigenvalue weighted by Crippen LogP contribution is 2.33. The molecular formula is C21H17BrClN3O3. The first-order valence-electron chi connectivity index (χ1n) is 8.74. The van der Waals surface area contributed by atoms with E-state index in [-0.39, 0.29) is 6.61 Å². The van der Waals surface area contributed by atoms with E-state index < -0.39 is 5.97 Å². The number of hydrogen-bond acceptors (Lipinski definition) is 6. The predicted molar refractivity (Wildman–Crippen MR) is 115 cm³/mol. The summed E-state index contributed by atoms with van der Waals surface area (Å²) in [5, 5.41) is 13.7. The molecule has 3 aromatic rings. The number of anilines is 1. The summed E-state index contributed by atoms with van der Waals surface area (Å²) in [6.07, 6.45) is 1.47. The molecule has 0 aliphatic carbocycles. The summed E-state index contributed by atoms with van der Waals surface area (Å²) in [5.41, 5.74) is 2.81. The van der Waals surface area contributed by atoms with Crippen molar-refractivity contribution >= 4 is 50.1 Å². The first kappa shape index (κ1) is 20.9. The molecule has 0 unspecified atom stereocenters. The van der Waals surface area contributed by atoms with Gasteiger partial charge in [0.25, 0.3) is 0 Å². The highest BCUT2D eigenvalue weighted by Gasteiger charge is 2.18. The number of nitrogens with one attached hydrogen (secondary N) is 1. The monoisotopic (exact) mass is 473 g/mol. The summed E-state index contributed by atoms with van der Waals surface area (Å²) in [5.74, 6) is 0.0928. The minimum atomic E-state index is -0.490. The lowest BCUT2D eigenvalue weighted by Gasteiger charge is -2.15. The zero-order valence-corrected chi connectivity index (χ0v) is 18.1. The van der Waals surface area contributed by atoms with E-state index in [0.717, 1.165) is 5.56 Å². The molecule has 6 nitrogen and oxygen atoms in total. The maximum absolute atomic E-state index is 12.5. The number of rotatable bonds is 6. The molecule has 0 bridgehead atoms. The molecule has 0 saturated heterocycles. The Morgan fingerprint density at radius 3 is 2.79 bits per heavy atom. The Labute approximate surface area is 181 Å². The lowest BCUT2D eigenvalue weighted by Crippen LogP contribution is -2.11. The maximum atomic E-state index is 12.5. The third-order valence-electron chi connectivity index (χ3n) is 4.23. The van der Waals surface area contributed by atoms with Gasteiger partial charge in [0, 0.05) is 22.6 Å². The predicted octanol–water partition coefficient (Wildman–Crippen LogP) is 5.32. The quantitative estimate of drug-likeness (QED) is 0.487. The van der Waals surface area contributed by atoms with Crippen molar-refractivity contribution < 1.29 is 14.3 Å². The molecule has 0 radical (unpaired) electrons. The van der Waals surface area contributed by atoms with Gasteiger partial charge in [-0.1, -0.05) is 17.7 Å². The number of carbonyl (C=O) groups is 1. The number of methoxy groups -OCH3 is 1. The van der Waals surface area contributed by atoms with E-state index in [1.165, 1.54) is 6.20 Å². The van der Waals surface area contributed by atoms with Gasteiger partial charge in [-0.15, -0.1) is 0 Å². The van der Waals surface area contributed by atoms with Gasteiger partial charge in [0.05, 0.1) is 41.6 Å². The van der Waals surface area contributed by atoms with Crippen LogP contribution in [-0.2, 0) is 11.3 Å². The maximum Gasteiger partial charge on any atom is 0.341 e. The molecule has 0 amide bonds. The minimum absolute atomic E-state index is 0.242. The summed E-state index contributed by atoms with van der Waals surface area (Å²) < 4.78 is 11.0. The van der Waals surface area contributed by atoms with Crippen molar-refractivity contribution in [3.63, 3.8) is 0 Å². The van der Waals surface area contributed by atoms with Gasteiger partial charge in [-0.3, -0.25) is 4.98 Å².